The van der Waals surface area contributed by atoms with Crippen molar-refractivity contribution in [3.8, 4) is 0 Å². The second kappa shape index (κ2) is 10.2. The lowest BCUT2D eigenvalue weighted by Crippen LogP contribution is -2.34. The van der Waals surface area contributed by atoms with Gasteiger partial charge >= 0.3 is 0 Å². The summed E-state index contributed by atoms with van der Waals surface area (Å²) in [5, 5.41) is 5.41. The number of pyridine rings is 1. The summed E-state index contributed by atoms with van der Waals surface area (Å²) < 4.78 is 1.41. The largest absolute Gasteiger partial charge is 0.355 e. The summed E-state index contributed by atoms with van der Waals surface area (Å²) in [5.41, 5.74) is 6.70. The van der Waals surface area contributed by atoms with Crippen molar-refractivity contribution in [3.63, 3.8) is 0 Å². The lowest BCUT2D eigenvalue weighted by atomic mass is 9.84. The number of carbonyl (C=O) groups excluding carboxylic acids is 2. The quantitative estimate of drug-likeness (QED) is 0.648. The molecular formula is C23H30N4O3. The first-order chi connectivity index (χ1) is 14.5. The summed E-state index contributed by atoms with van der Waals surface area (Å²) in [6.07, 6.45) is 6.71. The highest BCUT2D eigenvalue weighted by Crippen LogP contribution is 2.25. The second-order valence-electron chi connectivity index (χ2n) is 7.97. The topological polar surface area (TPSA) is 106 Å². The van der Waals surface area contributed by atoms with Gasteiger partial charge in [-0.15, -0.1) is 0 Å². The minimum absolute atomic E-state index is 0.0395. The van der Waals surface area contributed by atoms with Crippen molar-refractivity contribution in [1.29, 1.82) is 0 Å². The third-order valence-corrected chi connectivity index (χ3v) is 5.75. The van der Waals surface area contributed by atoms with Crippen molar-refractivity contribution < 1.29 is 9.59 Å². The average molecular weight is 411 g/mol. The molecular weight excluding hydrogens is 380 g/mol. The smallest absolute Gasteiger partial charge is 0.263 e. The first kappa shape index (κ1) is 21.8. The van der Waals surface area contributed by atoms with Gasteiger partial charge in [0, 0.05) is 25.8 Å². The molecule has 160 valence electrons. The highest BCUT2D eigenvalue weighted by atomic mass is 16.2. The fourth-order valence-corrected chi connectivity index (χ4v) is 3.92. The Morgan fingerprint density at radius 3 is 2.47 bits per heavy atom. The van der Waals surface area contributed by atoms with E-state index in [1.807, 2.05) is 30.3 Å². The molecule has 1 aromatic carbocycles. The lowest BCUT2D eigenvalue weighted by Gasteiger charge is -2.26. The molecule has 1 heterocycles. The SMILES string of the molecule is CNC(=O)c1cc(C(=O)NCC[C@H]2CC[C@H](N)CC2)cn(Cc2ccccc2)c1=O. The van der Waals surface area contributed by atoms with Crippen LogP contribution in [-0.2, 0) is 6.54 Å². The second-order valence-corrected chi connectivity index (χ2v) is 7.97. The van der Waals surface area contributed by atoms with Crippen LogP contribution in [-0.4, -0.2) is 36.0 Å². The molecule has 2 aromatic rings. The summed E-state index contributed by atoms with van der Waals surface area (Å²) in [5.74, 6) is -0.206. The minimum atomic E-state index is -0.505. The van der Waals surface area contributed by atoms with Crippen molar-refractivity contribution in [2.45, 2.75) is 44.7 Å². The molecule has 0 radical (unpaired) electrons. The number of nitrogens with zero attached hydrogens (tertiary/aromatic N) is 1. The van der Waals surface area contributed by atoms with Crippen LogP contribution in [0.25, 0.3) is 0 Å². The van der Waals surface area contributed by atoms with Gasteiger partial charge in [0.15, 0.2) is 0 Å². The number of amides is 2. The maximum atomic E-state index is 12.8. The first-order valence-corrected chi connectivity index (χ1v) is 10.5. The van der Waals surface area contributed by atoms with Gasteiger partial charge in [-0.2, -0.15) is 0 Å². The van der Waals surface area contributed by atoms with Crippen molar-refractivity contribution in [3.05, 3.63) is 69.6 Å². The molecule has 0 aliphatic heterocycles. The van der Waals surface area contributed by atoms with Gasteiger partial charge in [-0.3, -0.25) is 14.4 Å². The summed E-state index contributed by atoms with van der Waals surface area (Å²) >= 11 is 0. The van der Waals surface area contributed by atoms with E-state index in [2.05, 4.69) is 10.6 Å². The van der Waals surface area contributed by atoms with Gasteiger partial charge < -0.3 is 20.9 Å². The first-order valence-electron chi connectivity index (χ1n) is 10.5. The van der Waals surface area contributed by atoms with Crippen LogP contribution in [0.5, 0.6) is 0 Å². The van der Waals surface area contributed by atoms with Crippen LogP contribution >= 0.6 is 0 Å². The van der Waals surface area contributed by atoms with E-state index >= 15 is 0 Å². The Hall–Kier alpha value is -2.93. The Balaban J connectivity index is 1.73. The predicted octanol–water partition coefficient (Wildman–Crippen LogP) is 1.89. The van der Waals surface area contributed by atoms with Crippen molar-refractivity contribution in [1.82, 2.24) is 15.2 Å². The molecule has 0 spiro atoms. The Bertz CT molecular complexity index is 931. The number of hydrogen-bond donors (Lipinski definition) is 3. The van der Waals surface area contributed by atoms with Gasteiger partial charge in [-0.05, 0) is 49.7 Å². The van der Waals surface area contributed by atoms with E-state index in [0.29, 0.717) is 24.1 Å². The zero-order valence-corrected chi connectivity index (χ0v) is 17.4. The van der Waals surface area contributed by atoms with Gasteiger partial charge in [0.25, 0.3) is 17.4 Å². The van der Waals surface area contributed by atoms with E-state index in [1.54, 1.807) is 0 Å². The maximum Gasteiger partial charge on any atom is 0.263 e. The van der Waals surface area contributed by atoms with Crippen LogP contribution in [0.1, 0.15) is 58.4 Å². The fourth-order valence-electron chi connectivity index (χ4n) is 3.92. The zero-order valence-electron chi connectivity index (χ0n) is 17.4. The predicted molar refractivity (Wildman–Crippen MR) is 117 cm³/mol. The number of nitrogens with two attached hydrogens (primary N) is 1. The lowest BCUT2D eigenvalue weighted by molar-refractivity contribution is 0.0949. The van der Waals surface area contributed by atoms with Crippen molar-refractivity contribution >= 4 is 11.8 Å². The van der Waals surface area contributed by atoms with Gasteiger partial charge in [0.1, 0.15) is 5.56 Å². The highest BCUT2D eigenvalue weighted by molar-refractivity contribution is 5.99. The molecule has 7 nitrogen and oxygen atoms in total. The summed E-state index contributed by atoms with van der Waals surface area (Å²) in [7, 11) is 1.46. The molecule has 1 aliphatic carbocycles. The number of hydrogen-bond acceptors (Lipinski definition) is 4. The molecule has 0 atom stereocenters. The van der Waals surface area contributed by atoms with Crippen molar-refractivity contribution in [2.24, 2.45) is 11.7 Å². The van der Waals surface area contributed by atoms with Crippen LogP contribution in [0.2, 0.25) is 0 Å². The standard InChI is InChI=1S/C23H30N4O3/c1-25-22(29)20-13-18(15-27(23(20)30)14-17-5-3-2-4-6-17)21(28)26-12-11-16-7-9-19(24)10-8-16/h2-6,13,15-16,19H,7-12,14,24H2,1H3,(H,25,29)(H,26,28)/t16-,19-. The van der Waals surface area contributed by atoms with E-state index in [9.17, 15) is 14.4 Å². The minimum Gasteiger partial charge on any atom is -0.355 e. The average Bonchev–Trinajstić information content (AvgIpc) is 2.76. The Morgan fingerprint density at radius 1 is 1.10 bits per heavy atom. The molecule has 3 rings (SSSR count). The van der Waals surface area contributed by atoms with Crippen molar-refractivity contribution in [2.75, 3.05) is 13.6 Å². The van der Waals surface area contributed by atoms with Crippen LogP contribution in [0.3, 0.4) is 0 Å². The van der Waals surface area contributed by atoms with E-state index in [4.69, 9.17) is 5.73 Å². The molecule has 1 fully saturated rings. The van der Waals surface area contributed by atoms with Gasteiger partial charge in [0.2, 0.25) is 0 Å². The number of nitrogens with one attached hydrogen (secondary N) is 2. The number of carbonyl (C=O) groups is 2. The molecule has 30 heavy (non-hydrogen) atoms. The molecule has 0 unspecified atom stereocenters. The Morgan fingerprint density at radius 2 is 1.80 bits per heavy atom. The molecule has 0 saturated heterocycles. The number of aromatic nitrogens is 1. The van der Waals surface area contributed by atoms with E-state index < -0.39 is 11.5 Å². The van der Waals surface area contributed by atoms with Crippen LogP contribution in [0.4, 0.5) is 0 Å². The third-order valence-electron chi connectivity index (χ3n) is 5.75. The zero-order chi connectivity index (χ0) is 21.5. The van der Waals surface area contributed by atoms with Gasteiger partial charge in [0.05, 0.1) is 12.1 Å². The molecule has 1 aliphatic rings. The monoisotopic (exact) mass is 410 g/mol. The highest BCUT2D eigenvalue weighted by Gasteiger charge is 2.20. The van der Waals surface area contributed by atoms with Crippen LogP contribution in [0, 0.1) is 5.92 Å². The summed E-state index contributed by atoms with van der Waals surface area (Å²) in [6.45, 7) is 0.846. The van der Waals surface area contributed by atoms with Gasteiger partial charge in [-0.25, -0.2) is 0 Å². The molecule has 1 saturated carbocycles. The summed E-state index contributed by atoms with van der Waals surface area (Å²) in [4.78, 5) is 37.7. The molecule has 7 heteroatoms. The van der Waals surface area contributed by atoms with Gasteiger partial charge in [-0.1, -0.05) is 30.3 Å². The Labute approximate surface area is 176 Å². The van der Waals surface area contributed by atoms with Crippen LogP contribution < -0.4 is 21.9 Å². The van der Waals surface area contributed by atoms with E-state index in [1.165, 1.54) is 23.9 Å². The van der Waals surface area contributed by atoms with E-state index in [0.717, 1.165) is 37.7 Å². The maximum absolute atomic E-state index is 12.8. The normalized spacial score (nSPS) is 18.6. The molecule has 1 aromatic heterocycles. The fraction of sp³-hybridized carbons (Fsp3) is 0.435. The number of benzene rings is 1. The Kier molecular flexibility index (Phi) is 7.41. The molecule has 4 N–H and O–H groups in total. The van der Waals surface area contributed by atoms with E-state index in [-0.39, 0.29) is 18.0 Å². The third kappa shape index (κ3) is 5.57. The number of rotatable bonds is 7. The molecule has 2 amide bonds. The summed E-state index contributed by atoms with van der Waals surface area (Å²) in [6, 6.07) is 11.1. The molecule has 0 bridgehead atoms. The van der Waals surface area contributed by atoms with Crippen LogP contribution in [0.15, 0.2) is 47.4 Å².